The van der Waals surface area contributed by atoms with Gasteiger partial charge in [0.25, 0.3) is 10.1 Å². The van der Waals surface area contributed by atoms with E-state index in [1.807, 2.05) is 0 Å². The molecule has 0 atom stereocenters. The fraction of sp³-hybridized carbons (Fsp3) is 0.0833. The van der Waals surface area contributed by atoms with E-state index >= 15 is 4.39 Å². The molecule has 7 nitrogen and oxygen atoms in total. The van der Waals surface area contributed by atoms with E-state index in [4.69, 9.17) is 0 Å². The van der Waals surface area contributed by atoms with E-state index in [0.29, 0.717) is 0 Å². The molecule has 0 amide bonds. The largest absolute Gasteiger partial charge is 0.451 e. The Morgan fingerprint density at radius 2 is 1.35 bits per heavy atom. The van der Waals surface area contributed by atoms with Crippen LogP contribution in [0, 0.1) is 5.82 Å². The molecule has 0 saturated heterocycles. The Morgan fingerprint density at radius 1 is 0.757 bits per heavy atom. The van der Waals surface area contributed by atoms with Gasteiger partial charge in [-0.25, -0.2) is 22.8 Å². The van der Waals surface area contributed by atoms with Crippen LogP contribution in [0.2, 0.25) is 0 Å². The van der Waals surface area contributed by atoms with Gasteiger partial charge < -0.3 is 0 Å². The second-order valence-corrected chi connectivity index (χ2v) is 11.3. The standard InChI is InChI=1S/C24H16F4N2O5S2/c1-36(31,32)16-12-10-15(11-13-16)21-19(14-6-3-2-4-7-14)22(30-23(29-21)24(26,27)28)17-8-5-9-18(20(17)25)37(33,34)35/h2-13H,1H3,(H,33,34,35). The zero-order valence-corrected chi connectivity index (χ0v) is 20.4. The monoisotopic (exact) mass is 552 g/mol. The summed E-state index contributed by atoms with van der Waals surface area (Å²) in [5.41, 5.74) is -1.27. The molecule has 13 heteroatoms. The minimum absolute atomic E-state index is 0.0618. The van der Waals surface area contributed by atoms with Crippen molar-refractivity contribution in [2.24, 2.45) is 0 Å². The van der Waals surface area contributed by atoms with Gasteiger partial charge in [0.1, 0.15) is 4.90 Å². The average Bonchev–Trinajstić information content (AvgIpc) is 2.82. The third-order valence-corrected chi connectivity index (χ3v) is 7.28. The smallest absolute Gasteiger partial charge is 0.282 e. The highest BCUT2D eigenvalue weighted by Gasteiger charge is 2.37. The van der Waals surface area contributed by atoms with Crippen molar-refractivity contribution in [3.8, 4) is 33.6 Å². The number of hydrogen-bond donors (Lipinski definition) is 1. The van der Waals surface area contributed by atoms with Gasteiger partial charge in [-0.1, -0.05) is 48.5 Å². The summed E-state index contributed by atoms with van der Waals surface area (Å²) in [4.78, 5) is 6.03. The third kappa shape index (κ3) is 5.38. The van der Waals surface area contributed by atoms with Gasteiger partial charge in [0.2, 0.25) is 5.82 Å². The van der Waals surface area contributed by atoms with Crippen LogP contribution in [0.5, 0.6) is 0 Å². The van der Waals surface area contributed by atoms with Crippen molar-refractivity contribution < 1.29 is 39.0 Å². The van der Waals surface area contributed by atoms with Gasteiger partial charge in [0.15, 0.2) is 15.7 Å². The van der Waals surface area contributed by atoms with Crippen molar-refractivity contribution in [1.82, 2.24) is 9.97 Å². The minimum Gasteiger partial charge on any atom is -0.282 e. The van der Waals surface area contributed by atoms with E-state index in [2.05, 4.69) is 9.97 Å². The van der Waals surface area contributed by atoms with E-state index in [1.165, 1.54) is 36.4 Å². The van der Waals surface area contributed by atoms with Crippen LogP contribution in [0.4, 0.5) is 17.6 Å². The Hall–Kier alpha value is -3.68. The zero-order valence-electron chi connectivity index (χ0n) is 18.7. The predicted molar refractivity (Wildman–Crippen MR) is 126 cm³/mol. The molecule has 0 aliphatic heterocycles. The molecule has 1 aromatic heterocycles. The van der Waals surface area contributed by atoms with Crippen LogP contribution >= 0.6 is 0 Å². The maximum Gasteiger partial charge on any atom is 0.451 e. The van der Waals surface area contributed by atoms with Crippen molar-refractivity contribution >= 4 is 20.0 Å². The molecule has 1 heterocycles. The van der Waals surface area contributed by atoms with Gasteiger partial charge in [0.05, 0.1) is 16.3 Å². The fourth-order valence-electron chi connectivity index (χ4n) is 3.62. The first-order valence-electron chi connectivity index (χ1n) is 10.3. The number of halogens is 4. The molecular weight excluding hydrogens is 536 g/mol. The van der Waals surface area contributed by atoms with Crippen LogP contribution in [0.3, 0.4) is 0 Å². The van der Waals surface area contributed by atoms with Crippen LogP contribution in [0.15, 0.2) is 82.6 Å². The molecule has 4 aromatic rings. The van der Waals surface area contributed by atoms with E-state index < -0.39 is 53.9 Å². The number of aromatic nitrogens is 2. The first kappa shape index (κ1) is 26.4. The molecule has 3 aromatic carbocycles. The molecule has 0 aliphatic rings. The zero-order chi connectivity index (χ0) is 27.2. The van der Waals surface area contributed by atoms with Crippen molar-refractivity contribution in [3.05, 3.63) is 84.4 Å². The lowest BCUT2D eigenvalue weighted by molar-refractivity contribution is -0.144. The number of rotatable bonds is 5. The van der Waals surface area contributed by atoms with Crippen molar-refractivity contribution in [2.45, 2.75) is 16.0 Å². The highest BCUT2D eigenvalue weighted by molar-refractivity contribution is 7.90. The van der Waals surface area contributed by atoms with Crippen molar-refractivity contribution in [3.63, 3.8) is 0 Å². The summed E-state index contributed by atoms with van der Waals surface area (Å²) in [5, 5.41) is 0. The Labute approximate surface area is 209 Å². The second kappa shape index (κ2) is 9.32. The topological polar surface area (TPSA) is 114 Å². The molecule has 37 heavy (non-hydrogen) atoms. The Kier molecular flexibility index (Phi) is 6.65. The molecule has 0 unspecified atom stereocenters. The van der Waals surface area contributed by atoms with E-state index in [9.17, 15) is 34.6 Å². The third-order valence-electron chi connectivity index (χ3n) is 5.28. The highest BCUT2D eigenvalue weighted by atomic mass is 32.2. The SMILES string of the molecule is CS(=O)(=O)c1ccc(-c2nc(C(F)(F)F)nc(-c3cccc(S(=O)(=O)O)c3F)c2-c2ccccc2)cc1. The molecule has 0 aliphatic carbocycles. The van der Waals surface area contributed by atoms with Gasteiger partial charge in [-0.2, -0.15) is 21.6 Å². The lowest BCUT2D eigenvalue weighted by atomic mass is 9.94. The second-order valence-electron chi connectivity index (χ2n) is 7.87. The molecule has 0 spiro atoms. The molecule has 1 N–H and O–H groups in total. The Balaban J connectivity index is 2.15. The fourth-order valence-corrected chi connectivity index (χ4v) is 4.84. The molecule has 0 saturated carbocycles. The number of hydrogen-bond acceptors (Lipinski definition) is 6. The van der Waals surface area contributed by atoms with Gasteiger partial charge in [0, 0.05) is 22.9 Å². The summed E-state index contributed by atoms with van der Waals surface area (Å²) in [5.74, 6) is -3.14. The van der Waals surface area contributed by atoms with Crippen LogP contribution < -0.4 is 0 Å². The van der Waals surface area contributed by atoms with Crippen LogP contribution in [0.25, 0.3) is 33.6 Å². The number of nitrogens with zero attached hydrogens (tertiary/aromatic N) is 2. The van der Waals surface area contributed by atoms with Crippen LogP contribution in [0.1, 0.15) is 5.82 Å². The molecule has 192 valence electrons. The molecule has 4 rings (SSSR count). The molecule has 0 fully saturated rings. The van der Waals surface area contributed by atoms with Gasteiger partial charge in [-0.3, -0.25) is 4.55 Å². The molecule has 0 bridgehead atoms. The van der Waals surface area contributed by atoms with Gasteiger partial charge in [-0.05, 0) is 29.8 Å². The maximum atomic E-state index is 15.3. The van der Waals surface area contributed by atoms with Crippen LogP contribution in [-0.2, 0) is 26.1 Å². The highest BCUT2D eigenvalue weighted by Crippen LogP contribution is 2.42. The summed E-state index contributed by atoms with van der Waals surface area (Å²) < 4.78 is 113. The summed E-state index contributed by atoms with van der Waals surface area (Å²) in [6.07, 6.45) is -4.12. The Bertz CT molecular complexity index is 1710. The summed E-state index contributed by atoms with van der Waals surface area (Å²) in [6.45, 7) is 0. The minimum atomic E-state index is -5.08. The number of sulfone groups is 1. The van der Waals surface area contributed by atoms with E-state index in [-0.39, 0.29) is 27.3 Å². The lowest BCUT2D eigenvalue weighted by Gasteiger charge is -2.18. The summed E-state index contributed by atoms with van der Waals surface area (Å²) in [7, 11) is -8.67. The van der Waals surface area contributed by atoms with Gasteiger partial charge >= 0.3 is 6.18 Å². The Morgan fingerprint density at radius 3 is 1.89 bits per heavy atom. The average molecular weight is 553 g/mol. The quantitative estimate of drug-likeness (QED) is 0.264. The normalized spacial score (nSPS) is 12.5. The predicted octanol–water partition coefficient (Wildman–Crippen LogP) is 5.29. The van der Waals surface area contributed by atoms with E-state index in [1.54, 1.807) is 18.2 Å². The summed E-state index contributed by atoms with van der Waals surface area (Å²) in [6, 6.07) is 15.5. The van der Waals surface area contributed by atoms with Gasteiger partial charge in [-0.15, -0.1) is 0 Å². The van der Waals surface area contributed by atoms with Crippen molar-refractivity contribution in [2.75, 3.05) is 6.26 Å². The number of benzene rings is 3. The maximum absolute atomic E-state index is 15.3. The summed E-state index contributed by atoms with van der Waals surface area (Å²) >= 11 is 0. The lowest BCUT2D eigenvalue weighted by Crippen LogP contribution is -2.14. The van der Waals surface area contributed by atoms with Crippen molar-refractivity contribution in [1.29, 1.82) is 0 Å². The van der Waals surface area contributed by atoms with E-state index in [0.717, 1.165) is 24.5 Å². The molecule has 0 radical (unpaired) electrons. The molecular formula is C24H16F4N2O5S2. The first-order chi connectivity index (χ1) is 17.2. The van der Waals surface area contributed by atoms with Crippen LogP contribution in [-0.4, -0.2) is 37.6 Å². The number of alkyl halides is 3. The first-order valence-corrected chi connectivity index (χ1v) is 13.6.